The van der Waals surface area contributed by atoms with Gasteiger partial charge in [-0.15, -0.1) is 0 Å². The molecule has 0 N–H and O–H groups in total. The zero-order valence-electron chi connectivity index (χ0n) is 40.2. The van der Waals surface area contributed by atoms with Gasteiger partial charge >= 0.3 is 0 Å². The summed E-state index contributed by atoms with van der Waals surface area (Å²) in [6.07, 6.45) is 0. The van der Waals surface area contributed by atoms with Crippen molar-refractivity contribution in [2.24, 2.45) is 0 Å². The standard InChI is InChI=1S/C69H49N3/c1-68(2)57-39-22-21-38-56(57)63-59(68)41-24-42-61(63)71(51-43-44-53-52-35-20-23-40-58(52)69(60(53)45-51,49-31-14-6-15-32-49)50-33-16-7-17-34-50)67-55-37-19-18-36-54(55)66-62(46-25-8-3-9-26-46)64(47-27-10-4-11-28-47)70-72(66)65(67)48-29-12-5-13-30-48/h3-45H,1-2H3. The van der Waals surface area contributed by atoms with E-state index in [2.05, 4.69) is 284 Å². The third-order valence-corrected chi connectivity index (χ3v) is 15.7. The highest BCUT2D eigenvalue weighted by Gasteiger charge is 2.47. The van der Waals surface area contributed by atoms with Crippen molar-refractivity contribution in [2.75, 3.05) is 4.90 Å². The van der Waals surface area contributed by atoms with E-state index < -0.39 is 5.41 Å². The van der Waals surface area contributed by atoms with Crippen molar-refractivity contribution in [1.29, 1.82) is 0 Å². The summed E-state index contributed by atoms with van der Waals surface area (Å²) < 4.78 is 2.27. The van der Waals surface area contributed by atoms with Crippen LogP contribution in [0.4, 0.5) is 17.1 Å². The molecule has 2 heterocycles. The SMILES string of the molecule is CC1(C)c2ccccc2-c2c(N(c3ccc4c(c3)C(c3ccccc3)(c3ccccc3)c3ccccc3-4)c3c(-c4ccccc4)n4nc(-c5ccccc5)c(-c5ccccc5)c4c4ccccc34)cccc21. The maximum Gasteiger partial charge on any atom is 0.101 e. The van der Waals surface area contributed by atoms with E-state index in [4.69, 9.17) is 5.10 Å². The summed E-state index contributed by atoms with van der Waals surface area (Å²) in [5.74, 6) is 0. The van der Waals surface area contributed by atoms with Gasteiger partial charge in [-0.1, -0.05) is 257 Å². The molecule has 72 heavy (non-hydrogen) atoms. The summed E-state index contributed by atoms with van der Waals surface area (Å²) in [6, 6.07) is 96.0. The van der Waals surface area contributed by atoms with Crippen LogP contribution in [0.5, 0.6) is 0 Å². The molecule has 10 aromatic carbocycles. The number of rotatable bonds is 8. The average Bonchev–Trinajstić information content (AvgIpc) is 4.07. The van der Waals surface area contributed by atoms with Crippen LogP contribution in [0.2, 0.25) is 0 Å². The first-order valence-corrected chi connectivity index (χ1v) is 25.1. The highest BCUT2D eigenvalue weighted by atomic mass is 15.3. The zero-order chi connectivity index (χ0) is 48.0. The minimum absolute atomic E-state index is 0.228. The summed E-state index contributed by atoms with van der Waals surface area (Å²) in [5, 5.41) is 8.08. The lowest BCUT2D eigenvalue weighted by atomic mass is 9.67. The van der Waals surface area contributed by atoms with E-state index in [0.717, 1.165) is 67.0 Å². The van der Waals surface area contributed by atoms with Gasteiger partial charge in [0, 0.05) is 44.1 Å². The van der Waals surface area contributed by atoms with Crippen molar-refractivity contribution < 1.29 is 0 Å². The van der Waals surface area contributed by atoms with Gasteiger partial charge in [-0.05, 0) is 73.8 Å². The second kappa shape index (κ2) is 16.3. The number of nitrogens with zero attached hydrogens (tertiary/aromatic N) is 3. The third kappa shape index (κ3) is 6.01. The Morgan fingerprint density at radius 2 is 0.903 bits per heavy atom. The van der Waals surface area contributed by atoms with Gasteiger partial charge < -0.3 is 4.90 Å². The molecule has 0 spiro atoms. The summed E-state index contributed by atoms with van der Waals surface area (Å²) in [4.78, 5) is 2.59. The molecule has 0 saturated carbocycles. The second-order valence-corrected chi connectivity index (χ2v) is 19.8. The van der Waals surface area contributed by atoms with Crippen LogP contribution in [-0.2, 0) is 10.8 Å². The fraction of sp³-hybridized carbons (Fsp3) is 0.0580. The van der Waals surface area contributed by atoms with Crippen LogP contribution >= 0.6 is 0 Å². The van der Waals surface area contributed by atoms with Gasteiger partial charge in [-0.25, -0.2) is 4.52 Å². The quantitative estimate of drug-likeness (QED) is 0.151. The van der Waals surface area contributed by atoms with E-state index in [-0.39, 0.29) is 5.41 Å². The Kier molecular flexibility index (Phi) is 9.46. The Morgan fingerprint density at radius 1 is 0.389 bits per heavy atom. The second-order valence-electron chi connectivity index (χ2n) is 19.8. The molecule has 2 aromatic heterocycles. The van der Waals surface area contributed by atoms with Gasteiger partial charge in [0.2, 0.25) is 0 Å². The molecule has 0 saturated heterocycles. The first kappa shape index (κ1) is 41.9. The maximum atomic E-state index is 5.83. The van der Waals surface area contributed by atoms with Crippen molar-refractivity contribution in [2.45, 2.75) is 24.7 Å². The topological polar surface area (TPSA) is 20.5 Å². The van der Waals surface area contributed by atoms with Crippen LogP contribution in [0.15, 0.2) is 261 Å². The van der Waals surface area contributed by atoms with E-state index in [9.17, 15) is 0 Å². The minimum Gasteiger partial charge on any atom is -0.307 e. The van der Waals surface area contributed by atoms with Crippen molar-refractivity contribution >= 4 is 33.4 Å². The van der Waals surface area contributed by atoms with Crippen LogP contribution in [0.25, 0.3) is 72.2 Å². The largest absolute Gasteiger partial charge is 0.307 e. The van der Waals surface area contributed by atoms with Crippen molar-refractivity contribution in [1.82, 2.24) is 9.61 Å². The molecule has 0 unspecified atom stereocenters. The third-order valence-electron chi connectivity index (χ3n) is 15.7. The molecule has 12 aromatic rings. The first-order valence-electron chi connectivity index (χ1n) is 25.1. The van der Waals surface area contributed by atoms with E-state index in [1.54, 1.807) is 0 Å². The zero-order valence-corrected chi connectivity index (χ0v) is 40.2. The van der Waals surface area contributed by atoms with Gasteiger partial charge in [-0.2, -0.15) is 5.10 Å². The van der Waals surface area contributed by atoms with Crippen molar-refractivity contribution in [3.05, 3.63) is 294 Å². The molecular weight excluding hydrogens is 871 g/mol. The number of hydrogen-bond donors (Lipinski definition) is 0. The molecule has 14 rings (SSSR count). The summed E-state index contributed by atoms with van der Waals surface area (Å²) in [6.45, 7) is 4.76. The molecule has 3 nitrogen and oxygen atoms in total. The molecule has 0 amide bonds. The summed E-state index contributed by atoms with van der Waals surface area (Å²) in [5.41, 5.74) is 22.4. The highest BCUT2D eigenvalue weighted by Crippen LogP contribution is 2.60. The number of fused-ring (bicyclic) bond motifs is 9. The minimum atomic E-state index is -0.602. The summed E-state index contributed by atoms with van der Waals surface area (Å²) in [7, 11) is 0. The lowest BCUT2D eigenvalue weighted by Gasteiger charge is -2.36. The molecule has 0 aliphatic heterocycles. The van der Waals surface area contributed by atoms with E-state index in [0.29, 0.717) is 0 Å². The number of aromatic nitrogens is 2. The van der Waals surface area contributed by atoms with Crippen LogP contribution in [0, 0.1) is 0 Å². The van der Waals surface area contributed by atoms with Crippen LogP contribution in [0.1, 0.15) is 47.2 Å². The van der Waals surface area contributed by atoms with E-state index in [1.165, 1.54) is 55.6 Å². The number of anilines is 3. The lowest BCUT2D eigenvalue weighted by molar-refractivity contribution is 0.660. The Labute approximate surface area is 420 Å². The fourth-order valence-corrected chi connectivity index (χ4v) is 12.6. The van der Waals surface area contributed by atoms with Gasteiger partial charge in [0.1, 0.15) is 5.69 Å². The number of pyridine rings is 1. The molecule has 0 radical (unpaired) electrons. The number of benzene rings is 10. The lowest BCUT2D eigenvalue weighted by Crippen LogP contribution is -2.28. The predicted octanol–water partition coefficient (Wildman–Crippen LogP) is 17.6. The van der Waals surface area contributed by atoms with Crippen LogP contribution < -0.4 is 4.90 Å². The van der Waals surface area contributed by atoms with Gasteiger partial charge in [0.05, 0.1) is 28.0 Å². The monoisotopic (exact) mass is 919 g/mol. The molecule has 0 atom stereocenters. The fourth-order valence-electron chi connectivity index (χ4n) is 12.6. The Hall–Kier alpha value is -9.05. The van der Waals surface area contributed by atoms with Crippen LogP contribution in [-0.4, -0.2) is 9.61 Å². The molecule has 2 aliphatic carbocycles. The average molecular weight is 920 g/mol. The van der Waals surface area contributed by atoms with Gasteiger partial charge in [0.15, 0.2) is 0 Å². The normalized spacial score (nSPS) is 13.6. The van der Waals surface area contributed by atoms with Crippen molar-refractivity contribution in [3.8, 4) is 55.9 Å². The maximum absolute atomic E-state index is 5.83. The molecule has 0 bridgehead atoms. The van der Waals surface area contributed by atoms with Gasteiger partial charge in [-0.3, -0.25) is 0 Å². The highest BCUT2D eigenvalue weighted by molar-refractivity contribution is 6.16. The van der Waals surface area contributed by atoms with E-state index in [1.807, 2.05) is 0 Å². The predicted molar refractivity (Wildman–Crippen MR) is 299 cm³/mol. The molecular formula is C69H49N3. The summed E-state index contributed by atoms with van der Waals surface area (Å²) >= 11 is 0. The van der Waals surface area contributed by atoms with Crippen LogP contribution in [0.3, 0.4) is 0 Å². The molecule has 2 aliphatic rings. The van der Waals surface area contributed by atoms with E-state index >= 15 is 0 Å². The first-order chi connectivity index (χ1) is 35.5. The van der Waals surface area contributed by atoms with Crippen molar-refractivity contribution in [3.63, 3.8) is 0 Å². The Morgan fingerprint density at radius 3 is 1.57 bits per heavy atom. The smallest absolute Gasteiger partial charge is 0.101 e. The molecule has 0 fully saturated rings. The Bertz CT molecular complexity index is 4000. The molecule has 3 heteroatoms. The Balaban J connectivity index is 1.17. The number of hydrogen-bond acceptors (Lipinski definition) is 2. The molecule has 340 valence electrons. The van der Waals surface area contributed by atoms with Gasteiger partial charge in [0.25, 0.3) is 0 Å².